The fourth-order valence-electron chi connectivity index (χ4n) is 1.22. The number of allylic oxidation sites excluding steroid dienone is 1. The normalized spacial score (nSPS) is 12.7. The van der Waals surface area contributed by atoms with E-state index in [1.54, 1.807) is 0 Å². The molecule has 0 radical (unpaired) electrons. The Hall–Kier alpha value is -1.30. The van der Waals surface area contributed by atoms with Crippen molar-refractivity contribution in [1.29, 1.82) is 0 Å². The molecule has 1 aromatic carbocycles. The van der Waals surface area contributed by atoms with E-state index in [0.29, 0.717) is 0 Å². The summed E-state index contributed by atoms with van der Waals surface area (Å²) in [6.07, 6.45) is 4.00. The summed E-state index contributed by atoms with van der Waals surface area (Å²) in [7, 11) is 0. The van der Waals surface area contributed by atoms with Gasteiger partial charge in [0.1, 0.15) is 0 Å². The van der Waals surface area contributed by atoms with Gasteiger partial charge in [0.2, 0.25) is 0 Å². The van der Waals surface area contributed by atoms with Crippen molar-refractivity contribution in [3.63, 3.8) is 0 Å². The van der Waals surface area contributed by atoms with Crippen LogP contribution in [-0.2, 0) is 0 Å². The Morgan fingerprint density at radius 3 is 2.29 bits per heavy atom. The van der Waals surface area contributed by atoms with Crippen molar-refractivity contribution in [3.05, 3.63) is 47.4 Å². The zero-order chi connectivity index (χ0) is 11.0. The van der Waals surface area contributed by atoms with Crippen molar-refractivity contribution >= 4 is 11.6 Å². The van der Waals surface area contributed by atoms with Crippen molar-refractivity contribution in [2.24, 2.45) is 0 Å². The smallest absolute Gasteiger partial charge is 0.0158 e. The van der Waals surface area contributed by atoms with Crippen LogP contribution in [0.5, 0.6) is 0 Å². The van der Waals surface area contributed by atoms with Crippen LogP contribution in [0, 0.1) is 0 Å². The van der Waals surface area contributed by atoms with Gasteiger partial charge in [-0.15, -0.1) is 0 Å². The second-order valence-corrected chi connectivity index (χ2v) is 2.76. The number of hydrogen-bond acceptors (Lipinski definition) is 0. The summed E-state index contributed by atoms with van der Waals surface area (Å²) >= 11 is 0. The van der Waals surface area contributed by atoms with Crippen LogP contribution in [0.25, 0.3) is 11.6 Å². The molecule has 0 heteroatoms. The molecule has 0 aromatic heterocycles. The first-order valence-corrected chi connectivity index (χ1v) is 5.14. The Kier molecular flexibility index (Phi) is 6.47. The first-order valence-electron chi connectivity index (χ1n) is 5.14. The second kappa shape index (κ2) is 7.14. The topological polar surface area (TPSA) is 0 Å². The van der Waals surface area contributed by atoms with Gasteiger partial charge < -0.3 is 0 Å². The summed E-state index contributed by atoms with van der Waals surface area (Å²) in [5.74, 6) is 0. The molecule has 0 saturated heterocycles. The summed E-state index contributed by atoms with van der Waals surface area (Å²) < 4.78 is 0. The summed E-state index contributed by atoms with van der Waals surface area (Å²) in [6.45, 7) is 11.9. The average Bonchev–Trinajstić information content (AvgIpc) is 2.30. The van der Waals surface area contributed by atoms with E-state index in [9.17, 15) is 0 Å². The predicted octanol–water partition coefficient (Wildman–Crippen LogP) is 2.87. The maximum absolute atomic E-state index is 3.76. The SMILES string of the molecule is C=C/C(C)=c1/cccc/c1=C/C.CC. The molecule has 0 saturated carbocycles. The fraction of sp³-hybridized carbons (Fsp3) is 0.286. The van der Waals surface area contributed by atoms with E-state index in [1.807, 2.05) is 19.9 Å². The molecule has 0 atom stereocenters. The molecule has 0 aliphatic carbocycles. The fourth-order valence-corrected chi connectivity index (χ4v) is 1.22. The van der Waals surface area contributed by atoms with Gasteiger partial charge >= 0.3 is 0 Å². The largest absolute Gasteiger partial charge is 0.0988 e. The summed E-state index contributed by atoms with van der Waals surface area (Å²) in [5.41, 5.74) is 1.23. The van der Waals surface area contributed by atoms with Crippen LogP contribution in [0.15, 0.2) is 36.9 Å². The molecule has 0 amide bonds. The number of hydrogen-bond donors (Lipinski definition) is 0. The third-order valence-corrected chi connectivity index (χ3v) is 2.00. The molecular weight excluding hydrogens is 168 g/mol. The lowest BCUT2D eigenvalue weighted by Gasteiger charge is -1.92. The molecular formula is C14H20. The third kappa shape index (κ3) is 3.21. The first-order chi connectivity index (χ1) is 6.79. The van der Waals surface area contributed by atoms with Gasteiger partial charge in [-0.25, -0.2) is 0 Å². The van der Waals surface area contributed by atoms with Gasteiger partial charge in [0.05, 0.1) is 0 Å². The second-order valence-electron chi connectivity index (χ2n) is 2.76. The molecule has 0 spiro atoms. The number of benzene rings is 1. The van der Waals surface area contributed by atoms with Crippen LogP contribution < -0.4 is 10.4 Å². The Morgan fingerprint density at radius 2 is 1.79 bits per heavy atom. The molecule has 0 aliphatic heterocycles. The Morgan fingerprint density at radius 1 is 1.21 bits per heavy atom. The molecule has 76 valence electrons. The maximum Gasteiger partial charge on any atom is -0.0158 e. The molecule has 0 unspecified atom stereocenters. The van der Waals surface area contributed by atoms with Gasteiger partial charge in [-0.3, -0.25) is 0 Å². The van der Waals surface area contributed by atoms with E-state index in [2.05, 4.69) is 50.8 Å². The van der Waals surface area contributed by atoms with Crippen LogP contribution >= 0.6 is 0 Å². The highest BCUT2D eigenvalue weighted by atomic mass is 13.9. The predicted molar refractivity (Wildman–Crippen MR) is 66.5 cm³/mol. The molecule has 0 nitrogen and oxygen atoms in total. The molecule has 0 aliphatic rings. The van der Waals surface area contributed by atoms with Crippen molar-refractivity contribution in [2.75, 3.05) is 0 Å². The summed E-state index contributed by atoms with van der Waals surface area (Å²) in [5, 5.41) is 2.55. The van der Waals surface area contributed by atoms with Gasteiger partial charge in [0, 0.05) is 0 Å². The van der Waals surface area contributed by atoms with Crippen LogP contribution in [0.3, 0.4) is 0 Å². The average molecular weight is 188 g/mol. The Balaban J connectivity index is 0.000000791. The minimum atomic E-state index is 1.23. The minimum absolute atomic E-state index is 1.23. The summed E-state index contributed by atoms with van der Waals surface area (Å²) in [4.78, 5) is 0. The van der Waals surface area contributed by atoms with E-state index in [-0.39, 0.29) is 0 Å². The minimum Gasteiger partial charge on any atom is -0.0988 e. The number of rotatable bonds is 1. The van der Waals surface area contributed by atoms with Gasteiger partial charge in [0.15, 0.2) is 0 Å². The maximum atomic E-state index is 3.76. The van der Waals surface area contributed by atoms with Crippen LogP contribution in [0.2, 0.25) is 0 Å². The molecule has 1 rings (SSSR count). The van der Waals surface area contributed by atoms with Crippen molar-refractivity contribution in [3.8, 4) is 0 Å². The van der Waals surface area contributed by atoms with Crippen molar-refractivity contribution in [1.82, 2.24) is 0 Å². The van der Waals surface area contributed by atoms with Gasteiger partial charge in [-0.2, -0.15) is 0 Å². The summed E-state index contributed by atoms with van der Waals surface area (Å²) in [6, 6.07) is 8.33. The molecule has 14 heavy (non-hydrogen) atoms. The van der Waals surface area contributed by atoms with Crippen LogP contribution in [0.1, 0.15) is 27.7 Å². The monoisotopic (exact) mass is 188 g/mol. The van der Waals surface area contributed by atoms with Gasteiger partial charge in [0.25, 0.3) is 0 Å². The highest BCUT2D eigenvalue weighted by Gasteiger charge is 1.85. The zero-order valence-electron chi connectivity index (χ0n) is 9.67. The van der Waals surface area contributed by atoms with E-state index in [0.717, 1.165) is 0 Å². The van der Waals surface area contributed by atoms with E-state index >= 15 is 0 Å². The lowest BCUT2D eigenvalue weighted by molar-refractivity contribution is 1.47. The Labute approximate surface area is 87.3 Å². The standard InChI is InChI=1S/C12H14.C2H6/c1-4-10(3)12-9-7-6-8-11(12)5-2;1-2/h4-9H,1H2,2-3H3;1-2H3/b11-5-,12-10-;. The molecule has 0 heterocycles. The van der Waals surface area contributed by atoms with Crippen LogP contribution in [-0.4, -0.2) is 0 Å². The third-order valence-electron chi connectivity index (χ3n) is 2.00. The lowest BCUT2D eigenvalue weighted by Crippen LogP contribution is -2.24. The van der Waals surface area contributed by atoms with Crippen molar-refractivity contribution < 1.29 is 0 Å². The molecule has 1 aromatic rings. The molecule has 0 N–H and O–H groups in total. The Bertz CT molecular complexity index is 383. The zero-order valence-corrected chi connectivity index (χ0v) is 9.67. The highest BCUT2D eigenvalue weighted by Crippen LogP contribution is 1.87. The van der Waals surface area contributed by atoms with E-state index in [1.165, 1.54) is 16.0 Å². The quantitative estimate of drug-likeness (QED) is 0.635. The highest BCUT2D eigenvalue weighted by molar-refractivity contribution is 5.53. The van der Waals surface area contributed by atoms with E-state index in [4.69, 9.17) is 0 Å². The van der Waals surface area contributed by atoms with Gasteiger partial charge in [-0.1, -0.05) is 56.8 Å². The van der Waals surface area contributed by atoms with Crippen molar-refractivity contribution in [2.45, 2.75) is 27.7 Å². The first kappa shape index (κ1) is 12.7. The lowest BCUT2D eigenvalue weighted by atomic mass is 10.1. The van der Waals surface area contributed by atoms with Crippen LogP contribution in [0.4, 0.5) is 0 Å². The molecule has 0 fully saturated rings. The van der Waals surface area contributed by atoms with Gasteiger partial charge in [-0.05, 0) is 29.9 Å². The molecule has 0 bridgehead atoms. The van der Waals surface area contributed by atoms with E-state index < -0.39 is 0 Å².